The number of primary amides is 1. The summed E-state index contributed by atoms with van der Waals surface area (Å²) in [6.45, 7) is 8.51. The Morgan fingerprint density at radius 1 is 1.18 bits per heavy atom. The highest BCUT2D eigenvalue weighted by atomic mass is 35.5. The van der Waals surface area contributed by atoms with Crippen molar-refractivity contribution < 1.29 is 19.1 Å². The van der Waals surface area contributed by atoms with Crippen molar-refractivity contribution in [2.24, 2.45) is 5.73 Å². The quantitative estimate of drug-likeness (QED) is 0.189. The summed E-state index contributed by atoms with van der Waals surface area (Å²) in [6.07, 6.45) is 1.61. The summed E-state index contributed by atoms with van der Waals surface area (Å²) in [5.74, 6) is -0.406. The van der Waals surface area contributed by atoms with Crippen LogP contribution in [0.25, 0.3) is 16.0 Å². The molecule has 2 heterocycles. The minimum Gasteiger partial charge on any atom is -0.484 e. The van der Waals surface area contributed by atoms with Crippen molar-refractivity contribution in [2.45, 2.75) is 52.4 Å². The number of halogens is 1. The summed E-state index contributed by atoms with van der Waals surface area (Å²) in [5.41, 5.74) is 8.72. The van der Waals surface area contributed by atoms with Crippen molar-refractivity contribution in [3.05, 3.63) is 75.9 Å². The van der Waals surface area contributed by atoms with Gasteiger partial charge in [0.05, 0.1) is 17.5 Å². The molecule has 0 spiro atoms. The molecule has 1 amide bonds. The van der Waals surface area contributed by atoms with Crippen LogP contribution < -0.4 is 15.8 Å². The molecule has 1 atom stereocenters. The zero-order valence-electron chi connectivity index (χ0n) is 21.8. The smallest absolute Gasteiger partial charge is 0.307 e. The molecule has 0 bridgehead atoms. The molecule has 0 unspecified atom stereocenters. The van der Waals surface area contributed by atoms with E-state index in [2.05, 4.69) is 10.3 Å². The Morgan fingerprint density at radius 3 is 2.66 bits per heavy atom. The average molecular weight is 555 g/mol. The molecule has 0 aliphatic rings. The summed E-state index contributed by atoms with van der Waals surface area (Å²) < 4.78 is 13.4. The summed E-state index contributed by atoms with van der Waals surface area (Å²) in [6, 6.07) is 15.2. The van der Waals surface area contributed by atoms with Crippen LogP contribution in [-0.2, 0) is 16.1 Å². The number of ether oxygens (including phenoxy) is 2. The van der Waals surface area contributed by atoms with Crippen LogP contribution in [0, 0.1) is 0 Å². The van der Waals surface area contributed by atoms with Gasteiger partial charge < -0.3 is 20.5 Å². The highest BCUT2D eigenvalue weighted by Gasteiger charge is 2.21. The Hall–Kier alpha value is -3.40. The van der Waals surface area contributed by atoms with Gasteiger partial charge in [-0.3, -0.25) is 14.2 Å². The van der Waals surface area contributed by atoms with Gasteiger partial charge in [-0.05, 0) is 51.5 Å². The monoisotopic (exact) mass is 554 g/mol. The molecule has 0 fully saturated rings. The maximum atomic E-state index is 12.2. The highest BCUT2D eigenvalue weighted by molar-refractivity contribution is 7.16. The molecule has 200 valence electrons. The summed E-state index contributed by atoms with van der Waals surface area (Å²) in [5, 5.41) is 4.62. The first kappa shape index (κ1) is 27.6. The number of rotatable bonds is 10. The average Bonchev–Trinajstić information content (AvgIpc) is 3.45. The number of hydrogen-bond acceptors (Lipinski definition) is 7. The molecule has 0 aliphatic carbocycles. The van der Waals surface area contributed by atoms with Gasteiger partial charge in [0.15, 0.2) is 0 Å². The number of nitrogens with zero attached hydrogens (tertiary/aromatic N) is 2. The normalized spacial score (nSPS) is 12.4. The van der Waals surface area contributed by atoms with E-state index in [0.717, 1.165) is 27.2 Å². The number of thiophene rings is 1. The molecule has 2 aromatic heterocycles. The van der Waals surface area contributed by atoms with Crippen molar-refractivity contribution in [1.82, 2.24) is 14.9 Å². The first-order chi connectivity index (χ1) is 18.0. The molecule has 4 aromatic rings. The Kier molecular flexibility index (Phi) is 8.40. The van der Waals surface area contributed by atoms with Gasteiger partial charge in [-0.2, -0.15) is 0 Å². The number of fused-ring (bicyclic) bond motifs is 1. The number of esters is 1. The van der Waals surface area contributed by atoms with E-state index in [1.54, 1.807) is 18.5 Å². The third kappa shape index (κ3) is 6.72. The topological polar surface area (TPSA) is 108 Å². The van der Waals surface area contributed by atoms with Gasteiger partial charge in [0.2, 0.25) is 0 Å². The SMILES string of the molecule is C[C@@H](Oc1cc(-n2cnc3ccc(CNCCC(=O)OC(C)(C)C)cc32)sc1C(N)=O)c1ccccc1Cl. The molecule has 10 heteroatoms. The standard InChI is InChI=1S/C28H31ClN4O4S/c1-17(19-7-5-6-8-20(19)29)36-23-14-24(38-26(23)27(30)35)33-16-32-21-10-9-18(13-22(21)33)15-31-12-11-25(34)37-28(2,3)4/h5-10,13-14,16-17,31H,11-12,15H2,1-4H3,(H2,30,35)/t17-/m1/s1. The number of aromatic nitrogens is 2. The van der Waals surface area contributed by atoms with Gasteiger partial charge in [0.25, 0.3) is 5.91 Å². The van der Waals surface area contributed by atoms with Crippen molar-refractivity contribution >= 4 is 45.8 Å². The highest BCUT2D eigenvalue weighted by Crippen LogP contribution is 2.37. The number of benzene rings is 2. The number of imidazole rings is 1. The second kappa shape index (κ2) is 11.6. The lowest BCUT2D eigenvalue weighted by molar-refractivity contribution is -0.154. The lowest BCUT2D eigenvalue weighted by Gasteiger charge is -2.19. The second-order valence-electron chi connectivity index (χ2n) is 9.87. The zero-order chi connectivity index (χ0) is 27.4. The van der Waals surface area contributed by atoms with Gasteiger partial charge in [-0.15, -0.1) is 11.3 Å². The maximum Gasteiger partial charge on any atom is 0.307 e. The predicted octanol–water partition coefficient (Wildman–Crippen LogP) is 5.80. The number of amides is 1. The molecule has 38 heavy (non-hydrogen) atoms. The van der Waals surface area contributed by atoms with Crippen LogP contribution in [0.4, 0.5) is 0 Å². The minimum absolute atomic E-state index is 0.233. The Morgan fingerprint density at radius 2 is 1.95 bits per heavy atom. The fourth-order valence-corrected chi connectivity index (χ4v) is 5.17. The summed E-state index contributed by atoms with van der Waals surface area (Å²) in [4.78, 5) is 29.0. The first-order valence-corrected chi connectivity index (χ1v) is 13.4. The predicted molar refractivity (Wildman–Crippen MR) is 150 cm³/mol. The maximum absolute atomic E-state index is 12.2. The summed E-state index contributed by atoms with van der Waals surface area (Å²) >= 11 is 7.57. The van der Waals surface area contributed by atoms with Crippen molar-refractivity contribution in [3.8, 4) is 10.8 Å². The third-order valence-electron chi connectivity index (χ3n) is 5.66. The van der Waals surface area contributed by atoms with Crippen LogP contribution in [0.5, 0.6) is 5.75 Å². The van der Waals surface area contributed by atoms with Crippen LogP contribution in [0.15, 0.2) is 54.9 Å². The van der Waals surface area contributed by atoms with E-state index in [9.17, 15) is 9.59 Å². The second-order valence-corrected chi connectivity index (χ2v) is 11.3. The zero-order valence-corrected chi connectivity index (χ0v) is 23.4. The van der Waals surface area contributed by atoms with Crippen LogP contribution in [-0.4, -0.2) is 33.6 Å². The Balaban J connectivity index is 1.51. The molecule has 3 N–H and O–H groups in total. The molecule has 0 aliphatic heterocycles. The lowest BCUT2D eigenvalue weighted by atomic mass is 10.1. The van der Waals surface area contributed by atoms with E-state index >= 15 is 0 Å². The van der Waals surface area contributed by atoms with E-state index in [4.69, 9.17) is 26.8 Å². The molecule has 8 nitrogen and oxygen atoms in total. The van der Waals surface area contributed by atoms with Crippen molar-refractivity contribution in [3.63, 3.8) is 0 Å². The molecule has 0 saturated heterocycles. The van der Waals surface area contributed by atoms with Gasteiger partial charge in [0, 0.05) is 29.7 Å². The number of nitrogens with one attached hydrogen (secondary N) is 1. The van der Waals surface area contributed by atoms with Gasteiger partial charge in [-0.1, -0.05) is 35.9 Å². The number of nitrogens with two attached hydrogens (primary N) is 1. The van der Waals surface area contributed by atoms with Gasteiger partial charge in [0.1, 0.15) is 33.7 Å². The third-order valence-corrected chi connectivity index (χ3v) is 7.13. The molecule has 4 rings (SSSR count). The molecule has 0 radical (unpaired) electrons. The van der Waals surface area contributed by atoms with Crippen LogP contribution in [0.1, 0.15) is 61.0 Å². The molecule has 2 aromatic carbocycles. The fourth-order valence-electron chi connectivity index (χ4n) is 3.95. The van der Waals surface area contributed by atoms with Crippen LogP contribution >= 0.6 is 22.9 Å². The largest absolute Gasteiger partial charge is 0.484 e. The van der Waals surface area contributed by atoms with Crippen LogP contribution in [0.2, 0.25) is 5.02 Å². The van der Waals surface area contributed by atoms with Gasteiger partial charge in [-0.25, -0.2) is 4.98 Å². The van der Waals surface area contributed by atoms with Crippen molar-refractivity contribution in [1.29, 1.82) is 0 Å². The van der Waals surface area contributed by atoms with E-state index in [1.807, 2.05) is 68.7 Å². The Bertz CT molecular complexity index is 1460. The summed E-state index contributed by atoms with van der Waals surface area (Å²) in [7, 11) is 0. The Labute approximate surface area is 230 Å². The first-order valence-electron chi connectivity index (χ1n) is 12.3. The van der Waals surface area contributed by atoms with E-state index in [-0.39, 0.29) is 18.5 Å². The van der Waals surface area contributed by atoms with E-state index in [1.165, 1.54) is 11.3 Å². The number of carbonyl (C=O) groups excluding carboxylic acids is 2. The van der Waals surface area contributed by atoms with Gasteiger partial charge >= 0.3 is 5.97 Å². The number of hydrogen-bond donors (Lipinski definition) is 2. The van der Waals surface area contributed by atoms with E-state index in [0.29, 0.717) is 28.7 Å². The van der Waals surface area contributed by atoms with Crippen LogP contribution in [0.3, 0.4) is 0 Å². The lowest BCUT2D eigenvalue weighted by Crippen LogP contribution is -2.26. The van der Waals surface area contributed by atoms with Crippen molar-refractivity contribution in [2.75, 3.05) is 6.54 Å². The minimum atomic E-state index is -0.568. The molecular weight excluding hydrogens is 524 g/mol. The molecule has 0 saturated carbocycles. The number of carbonyl (C=O) groups is 2. The van der Waals surface area contributed by atoms with E-state index < -0.39 is 11.5 Å². The fraction of sp³-hybridized carbons (Fsp3) is 0.321. The molecular formula is C28H31ClN4O4S.